The number of nitrogens with one attached hydrogen (secondary N) is 1. The van der Waals surface area contributed by atoms with Gasteiger partial charge in [-0.3, -0.25) is 9.59 Å². The topological polar surface area (TPSA) is 84.7 Å². The molecule has 1 aromatic rings. The first-order chi connectivity index (χ1) is 12.3. The Bertz CT molecular complexity index is 618. The average molecular weight is 384 g/mol. The Balaban J connectivity index is 2.96. The summed E-state index contributed by atoms with van der Waals surface area (Å²) in [6, 6.07) is 3.00. The van der Waals surface area contributed by atoms with Gasteiger partial charge in [-0.05, 0) is 32.5 Å². The molecule has 3 N–H and O–H groups in total. The molecule has 0 bridgehead atoms. The molecule has 146 valence electrons. The second kappa shape index (κ2) is 11.0. The zero-order valence-corrected chi connectivity index (χ0v) is 16.9. The number of nitrogen functional groups attached to an aromatic ring is 1. The molecule has 1 unspecified atom stereocenters. The second-order valence-corrected chi connectivity index (χ2v) is 6.57. The fourth-order valence-corrected chi connectivity index (χ4v) is 2.73. The summed E-state index contributed by atoms with van der Waals surface area (Å²) in [5, 5.41) is 3.15. The van der Waals surface area contributed by atoms with Crippen LogP contribution in [0, 0.1) is 0 Å². The number of hydrogen-bond acceptors (Lipinski definition) is 5. The highest BCUT2D eigenvalue weighted by Gasteiger charge is 2.21. The van der Waals surface area contributed by atoms with E-state index in [4.69, 9.17) is 22.1 Å². The maximum atomic E-state index is 12.6. The molecule has 0 saturated heterocycles. The van der Waals surface area contributed by atoms with Gasteiger partial charge in [0.15, 0.2) is 11.9 Å². The van der Waals surface area contributed by atoms with Crippen LogP contribution in [0.2, 0.25) is 5.02 Å². The molecule has 0 aliphatic rings. The number of nitrogens with zero attached hydrogens (tertiary/aromatic N) is 1. The predicted molar refractivity (Wildman–Crippen MR) is 106 cm³/mol. The molecule has 0 fully saturated rings. The van der Waals surface area contributed by atoms with E-state index in [1.165, 1.54) is 19.1 Å². The molecular formula is C19H30ClN3O3. The molecule has 0 spiro atoms. The minimum Gasteiger partial charge on any atom is -0.482 e. The van der Waals surface area contributed by atoms with E-state index in [2.05, 4.69) is 24.1 Å². The van der Waals surface area contributed by atoms with Crippen molar-refractivity contribution in [2.45, 2.75) is 46.6 Å². The van der Waals surface area contributed by atoms with Crippen molar-refractivity contribution in [2.24, 2.45) is 0 Å². The van der Waals surface area contributed by atoms with Crippen molar-refractivity contribution < 1.29 is 14.3 Å². The highest BCUT2D eigenvalue weighted by molar-refractivity contribution is 6.33. The van der Waals surface area contributed by atoms with Gasteiger partial charge in [0.2, 0.25) is 0 Å². The Labute approximate surface area is 161 Å². The summed E-state index contributed by atoms with van der Waals surface area (Å²) in [6.07, 6.45) is 0.752. The smallest absolute Gasteiger partial charge is 0.255 e. The lowest BCUT2D eigenvalue weighted by Crippen LogP contribution is -2.35. The number of likely N-dealkylation sites (N-methyl/N-ethyl adjacent to an activating group) is 1. The number of carbonyl (C=O) groups is 2. The fraction of sp³-hybridized carbons (Fsp3) is 0.579. The molecule has 7 heteroatoms. The Hall–Kier alpha value is -1.79. The summed E-state index contributed by atoms with van der Waals surface area (Å²) in [5.41, 5.74) is 6.45. The molecule has 1 rings (SSSR count). The average Bonchev–Trinajstić information content (AvgIpc) is 2.60. The van der Waals surface area contributed by atoms with Crippen molar-refractivity contribution in [3.63, 3.8) is 0 Å². The van der Waals surface area contributed by atoms with E-state index in [0.29, 0.717) is 18.7 Å². The summed E-state index contributed by atoms with van der Waals surface area (Å²) < 4.78 is 5.81. The Morgan fingerprint density at radius 3 is 2.46 bits per heavy atom. The Kier molecular flexibility index (Phi) is 9.44. The van der Waals surface area contributed by atoms with E-state index < -0.39 is 6.10 Å². The molecule has 0 saturated carbocycles. The lowest BCUT2D eigenvalue weighted by atomic mass is 10.1. The van der Waals surface area contributed by atoms with Crippen LogP contribution >= 0.6 is 11.6 Å². The molecule has 1 aromatic carbocycles. The maximum absolute atomic E-state index is 12.6. The summed E-state index contributed by atoms with van der Waals surface area (Å²) in [6.45, 7) is 10.7. The number of benzene rings is 1. The van der Waals surface area contributed by atoms with Crippen molar-refractivity contribution in [1.82, 2.24) is 10.2 Å². The van der Waals surface area contributed by atoms with E-state index >= 15 is 0 Å². The van der Waals surface area contributed by atoms with E-state index in [9.17, 15) is 9.59 Å². The molecular weight excluding hydrogens is 354 g/mol. The number of rotatable bonds is 11. The van der Waals surface area contributed by atoms with Crippen molar-refractivity contribution >= 4 is 29.0 Å². The first kappa shape index (κ1) is 22.3. The number of amides is 1. The zero-order chi connectivity index (χ0) is 19.7. The number of ketones is 1. The van der Waals surface area contributed by atoms with Crippen LogP contribution in [0.15, 0.2) is 12.1 Å². The molecule has 0 aliphatic carbocycles. The number of anilines is 1. The van der Waals surface area contributed by atoms with Gasteiger partial charge in [-0.2, -0.15) is 0 Å². The third kappa shape index (κ3) is 6.50. The van der Waals surface area contributed by atoms with Gasteiger partial charge in [0.1, 0.15) is 5.75 Å². The largest absolute Gasteiger partial charge is 0.482 e. The van der Waals surface area contributed by atoms with Crippen molar-refractivity contribution in [2.75, 3.05) is 31.9 Å². The number of ether oxygens (including phenoxy) is 1. The quantitative estimate of drug-likeness (QED) is 0.573. The summed E-state index contributed by atoms with van der Waals surface area (Å²) in [5.74, 6) is -0.109. The van der Waals surface area contributed by atoms with Gasteiger partial charge in [-0.1, -0.05) is 38.8 Å². The van der Waals surface area contributed by atoms with Gasteiger partial charge < -0.3 is 20.7 Å². The van der Waals surface area contributed by atoms with E-state index in [1.807, 2.05) is 6.92 Å². The normalized spacial score (nSPS) is 12.1. The predicted octanol–water partition coefficient (Wildman–Crippen LogP) is 3.13. The van der Waals surface area contributed by atoms with Gasteiger partial charge >= 0.3 is 0 Å². The lowest BCUT2D eigenvalue weighted by Gasteiger charge is -2.20. The van der Waals surface area contributed by atoms with Crippen LogP contribution in [0.4, 0.5) is 5.69 Å². The van der Waals surface area contributed by atoms with Crippen molar-refractivity contribution in [3.8, 4) is 5.75 Å². The van der Waals surface area contributed by atoms with Crippen molar-refractivity contribution in [3.05, 3.63) is 22.7 Å². The van der Waals surface area contributed by atoms with E-state index in [-0.39, 0.29) is 28.0 Å². The van der Waals surface area contributed by atoms with E-state index in [1.54, 1.807) is 0 Å². The zero-order valence-electron chi connectivity index (χ0n) is 16.1. The third-order valence-electron chi connectivity index (χ3n) is 4.23. The second-order valence-electron chi connectivity index (χ2n) is 6.16. The van der Waals surface area contributed by atoms with Gasteiger partial charge in [0, 0.05) is 19.2 Å². The summed E-state index contributed by atoms with van der Waals surface area (Å²) >= 11 is 6.08. The first-order valence-electron chi connectivity index (χ1n) is 9.10. The van der Waals surface area contributed by atoms with Gasteiger partial charge in [-0.15, -0.1) is 0 Å². The standard InChI is InChI=1S/C19H30ClN3O3/c1-5-8-17(13(4)24)26-18-12-16(21)15(20)11-14(18)19(25)22-9-10-23(6-2)7-3/h11-12,17H,5-10,21H2,1-4H3,(H,22,25). The monoisotopic (exact) mass is 383 g/mol. The highest BCUT2D eigenvalue weighted by atomic mass is 35.5. The van der Waals surface area contributed by atoms with Crippen LogP contribution in [0.3, 0.4) is 0 Å². The van der Waals surface area contributed by atoms with Crippen LogP contribution in [0.1, 0.15) is 50.9 Å². The van der Waals surface area contributed by atoms with Crippen LogP contribution < -0.4 is 15.8 Å². The third-order valence-corrected chi connectivity index (χ3v) is 4.55. The van der Waals surface area contributed by atoms with Crippen molar-refractivity contribution in [1.29, 1.82) is 0 Å². The number of carbonyl (C=O) groups excluding carboxylic acids is 2. The van der Waals surface area contributed by atoms with Crippen LogP contribution in [0.25, 0.3) is 0 Å². The first-order valence-corrected chi connectivity index (χ1v) is 9.48. The van der Waals surface area contributed by atoms with Crippen LogP contribution in [0.5, 0.6) is 5.75 Å². The number of Topliss-reactive ketones (excluding diaryl/α,β-unsaturated/α-hetero) is 1. The lowest BCUT2D eigenvalue weighted by molar-refractivity contribution is -0.123. The molecule has 26 heavy (non-hydrogen) atoms. The molecule has 1 amide bonds. The number of halogens is 1. The summed E-state index contributed by atoms with van der Waals surface area (Å²) in [7, 11) is 0. The van der Waals surface area contributed by atoms with Gasteiger partial charge in [0.25, 0.3) is 5.91 Å². The van der Waals surface area contributed by atoms with Crippen LogP contribution in [-0.2, 0) is 4.79 Å². The SMILES string of the molecule is CCCC(Oc1cc(N)c(Cl)cc1C(=O)NCCN(CC)CC)C(C)=O. The van der Waals surface area contributed by atoms with E-state index in [0.717, 1.165) is 26.1 Å². The van der Waals surface area contributed by atoms with Gasteiger partial charge in [0.05, 0.1) is 16.3 Å². The van der Waals surface area contributed by atoms with Crippen LogP contribution in [-0.4, -0.2) is 48.9 Å². The highest BCUT2D eigenvalue weighted by Crippen LogP contribution is 2.30. The fourth-order valence-electron chi connectivity index (χ4n) is 2.57. The number of hydrogen-bond donors (Lipinski definition) is 2. The molecule has 0 heterocycles. The number of nitrogens with two attached hydrogens (primary N) is 1. The molecule has 0 aromatic heterocycles. The summed E-state index contributed by atoms with van der Waals surface area (Å²) in [4.78, 5) is 26.6. The molecule has 0 aliphatic heterocycles. The Morgan fingerprint density at radius 1 is 1.27 bits per heavy atom. The maximum Gasteiger partial charge on any atom is 0.255 e. The minimum atomic E-state index is -0.609. The molecule has 6 nitrogen and oxygen atoms in total. The molecule has 0 radical (unpaired) electrons. The van der Waals surface area contributed by atoms with Gasteiger partial charge in [-0.25, -0.2) is 0 Å². The molecule has 1 atom stereocenters. The Morgan fingerprint density at radius 2 is 1.92 bits per heavy atom. The minimum absolute atomic E-state index is 0.0896.